The first kappa shape index (κ1) is 25.4. The maximum atomic E-state index is 13.0. The predicted octanol–water partition coefficient (Wildman–Crippen LogP) is 5.06. The van der Waals surface area contributed by atoms with Gasteiger partial charge in [-0.25, -0.2) is 0 Å². The Bertz CT molecular complexity index is 421. The smallest absolute Gasteiger partial charge is 0.225 e. The van der Waals surface area contributed by atoms with Gasteiger partial charge < -0.3 is 9.80 Å². The van der Waals surface area contributed by atoms with E-state index in [9.17, 15) is 9.59 Å². The van der Waals surface area contributed by atoms with Crippen molar-refractivity contribution >= 4 is 11.8 Å². The number of hydrogen-bond donors (Lipinski definition) is 0. The van der Waals surface area contributed by atoms with Crippen LogP contribution in [-0.4, -0.2) is 47.8 Å². The molecule has 2 unspecified atom stereocenters. The normalized spacial score (nSPS) is 13.9. The van der Waals surface area contributed by atoms with Gasteiger partial charge >= 0.3 is 0 Å². The minimum Gasteiger partial charge on any atom is -0.343 e. The van der Waals surface area contributed by atoms with E-state index in [-0.39, 0.29) is 23.7 Å². The number of rotatable bonds is 14. The molecule has 27 heavy (non-hydrogen) atoms. The Morgan fingerprint density at radius 3 is 1.22 bits per heavy atom. The van der Waals surface area contributed by atoms with E-state index in [4.69, 9.17) is 0 Å². The highest BCUT2D eigenvalue weighted by atomic mass is 16.2. The second-order valence-electron chi connectivity index (χ2n) is 6.88. The monoisotopic (exact) mass is 378 g/mol. The van der Waals surface area contributed by atoms with Crippen LogP contribution in [0.1, 0.15) is 73.6 Å². The van der Waals surface area contributed by atoms with E-state index < -0.39 is 0 Å². The molecule has 4 heteroatoms. The topological polar surface area (TPSA) is 40.6 Å². The first-order valence-electron chi connectivity index (χ1n) is 10.9. The zero-order chi connectivity index (χ0) is 20.7. The summed E-state index contributed by atoms with van der Waals surface area (Å²) >= 11 is 0. The van der Waals surface area contributed by atoms with Crippen LogP contribution in [-0.2, 0) is 9.59 Å². The lowest BCUT2D eigenvalue weighted by Crippen LogP contribution is -2.40. The van der Waals surface area contributed by atoms with Crippen molar-refractivity contribution < 1.29 is 9.59 Å². The van der Waals surface area contributed by atoms with E-state index in [1.807, 2.05) is 37.5 Å². The van der Waals surface area contributed by atoms with Crippen LogP contribution in [0.15, 0.2) is 24.3 Å². The predicted molar refractivity (Wildman–Crippen MR) is 116 cm³/mol. The Labute approximate surface area is 167 Å². The Hall–Kier alpha value is -1.58. The lowest BCUT2D eigenvalue weighted by atomic mass is 9.87. The van der Waals surface area contributed by atoms with Crippen molar-refractivity contribution in [1.29, 1.82) is 0 Å². The Morgan fingerprint density at radius 2 is 0.963 bits per heavy atom. The molecule has 0 fully saturated rings. The lowest BCUT2D eigenvalue weighted by Gasteiger charge is -2.29. The third-order valence-corrected chi connectivity index (χ3v) is 5.06. The van der Waals surface area contributed by atoms with Gasteiger partial charge in [0, 0.05) is 38.0 Å². The van der Waals surface area contributed by atoms with Crippen LogP contribution in [0.3, 0.4) is 0 Å². The average Bonchev–Trinajstić information content (AvgIpc) is 2.67. The summed E-state index contributed by atoms with van der Waals surface area (Å²) in [6.07, 6.45) is 12.4. The first-order chi connectivity index (χ1) is 13.0. The zero-order valence-corrected chi connectivity index (χ0v) is 18.5. The van der Waals surface area contributed by atoms with Crippen molar-refractivity contribution in [1.82, 2.24) is 9.80 Å². The molecule has 156 valence electrons. The molecule has 0 aliphatic carbocycles. The van der Waals surface area contributed by atoms with Crippen LogP contribution >= 0.6 is 0 Å². The molecule has 2 amide bonds. The SMILES string of the molecule is CCC=CCC(CC(CC=CCC)C(=O)N(CC)CC)C(=O)N(CC)CC. The molecular formula is C23H42N2O2. The molecule has 0 saturated heterocycles. The second-order valence-corrected chi connectivity index (χ2v) is 6.88. The fraction of sp³-hybridized carbons (Fsp3) is 0.739. The molecule has 2 atom stereocenters. The van der Waals surface area contributed by atoms with E-state index >= 15 is 0 Å². The number of allylic oxidation sites excluding steroid dienone is 4. The maximum absolute atomic E-state index is 13.0. The Morgan fingerprint density at radius 1 is 0.630 bits per heavy atom. The summed E-state index contributed by atoms with van der Waals surface area (Å²) in [4.78, 5) is 29.9. The molecule has 0 N–H and O–H groups in total. The molecule has 0 aromatic heterocycles. The number of nitrogens with zero attached hydrogens (tertiary/aromatic N) is 2. The van der Waals surface area contributed by atoms with E-state index in [1.54, 1.807) is 0 Å². The minimum atomic E-state index is -0.132. The molecule has 0 spiro atoms. The van der Waals surface area contributed by atoms with Gasteiger partial charge in [0.15, 0.2) is 0 Å². The van der Waals surface area contributed by atoms with Gasteiger partial charge in [-0.1, -0.05) is 38.2 Å². The molecule has 0 aromatic rings. The van der Waals surface area contributed by atoms with Gasteiger partial charge in [0.1, 0.15) is 0 Å². The summed E-state index contributed by atoms with van der Waals surface area (Å²) in [5.41, 5.74) is 0. The standard InChI is InChI=1S/C23H42N2O2/c1-7-13-15-17-20(22(26)24(9-3)10-4)19-21(18-16-14-8-2)23(27)25(11-5)12-6/h13-16,20-21H,7-12,17-19H2,1-6H3. The Balaban J connectivity index is 5.51. The van der Waals surface area contributed by atoms with Crippen molar-refractivity contribution in [2.24, 2.45) is 11.8 Å². The summed E-state index contributed by atoms with van der Waals surface area (Å²) in [5, 5.41) is 0. The minimum absolute atomic E-state index is 0.132. The molecule has 0 aliphatic rings. The third-order valence-electron chi connectivity index (χ3n) is 5.06. The van der Waals surface area contributed by atoms with Crippen LogP contribution < -0.4 is 0 Å². The van der Waals surface area contributed by atoms with Gasteiger partial charge in [0.2, 0.25) is 11.8 Å². The second kappa shape index (κ2) is 15.5. The van der Waals surface area contributed by atoms with Gasteiger partial charge in [-0.2, -0.15) is 0 Å². The summed E-state index contributed by atoms with van der Waals surface area (Å²) in [7, 11) is 0. The lowest BCUT2D eigenvalue weighted by molar-refractivity contribution is -0.138. The third kappa shape index (κ3) is 9.25. The summed E-state index contributed by atoms with van der Waals surface area (Å²) in [6, 6.07) is 0. The van der Waals surface area contributed by atoms with Gasteiger partial charge in [0.05, 0.1) is 0 Å². The van der Waals surface area contributed by atoms with Gasteiger partial charge in [-0.3, -0.25) is 9.59 Å². The van der Waals surface area contributed by atoms with Crippen LogP contribution in [0.5, 0.6) is 0 Å². The molecule has 0 aromatic carbocycles. The Kier molecular flexibility index (Phi) is 14.6. The fourth-order valence-electron chi connectivity index (χ4n) is 3.38. The first-order valence-corrected chi connectivity index (χ1v) is 10.9. The molecule has 0 radical (unpaired) electrons. The van der Waals surface area contributed by atoms with Crippen molar-refractivity contribution in [2.75, 3.05) is 26.2 Å². The van der Waals surface area contributed by atoms with E-state index in [0.717, 1.165) is 12.8 Å². The molecule has 0 rings (SSSR count). The van der Waals surface area contributed by atoms with E-state index in [2.05, 4.69) is 38.2 Å². The molecular weight excluding hydrogens is 336 g/mol. The van der Waals surface area contributed by atoms with Gasteiger partial charge in [-0.05, 0) is 59.8 Å². The molecule has 0 bridgehead atoms. The number of hydrogen-bond acceptors (Lipinski definition) is 2. The summed E-state index contributed by atoms with van der Waals surface area (Å²) < 4.78 is 0. The van der Waals surface area contributed by atoms with Crippen molar-refractivity contribution in [3.63, 3.8) is 0 Å². The maximum Gasteiger partial charge on any atom is 0.225 e. The highest BCUT2D eigenvalue weighted by Crippen LogP contribution is 2.24. The molecule has 4 nitrogen and oxygen atoms in total. The van der Waals surface area contributed by atoms with Crippen LogP contribution in [0, 0.1) is 11.8 Å². The largest absolute Gasteiger partial charge is 0.343 e. The van der Waals surface area contributed by atoms with Crippen molar-refractivity contribution in [2.45, 2.75) is 73.6 Å². The number of carbonyl (C=O) groups excluding carboxylic acids is 2. The van der Waals surface area contributed by atoms with Crippen LogP contribution in [0.2, 0.25) is 0 Å². The van der Waals surface area contributed by atoms with E-state index in [1.165, 1.54) is 0 Å². The number of amides is 2. The highest BCUT2D eigenvalue weighted by Gasteiger charge is 2.29. The number of carbonyl (C=O) groups is 2. The van der Waals surface area contributed by atoms with Gasteiger partial charge in [-0.15, -0.1) is 0 Å². The van der Waals surface area contributed by atoms with Crippen LogP contribution in [0.25, 0.3) is 0 Å². The summed E-state index contributed by atoms with van der Waals surface area (Å²) in [6.45, 7) is 15.1. The van der Waals surface area contributed by atoms with Gasteiger partial charge in [0.25, 0.3) is 0 Å². The van der Waals surface area contributed by atoms with Crippen molar-refractivity contribution in [3.8, 4) is 0 Å². The highest BCUT2D eigenvalue weighted by molar-refractivity contribution is 5.82. The quantitative estimate of drug-likeness (QED) is 0.396. The molecule has 0 heterocycles. The molecule has 0 saturated carbocycles. The van der Waals surface area contributed by atoms with Crippen LogP contribution in [0.4, 0.5) is 0 Å². The van der Waals surface area contributed by atoms with Crippen molar-refractivity contribution in [3.05, 3.63) is 24.3 Å². The molecule has 0 aliphatic heterocycles. The summed E-state index contributed by atoms with van der Waals surface area (Å²) in [5.74, 6) is 0.0922. The average molecular weight is 379 g/mol. The fourth-order valence-corrected chi connectivity index (χ4v) is 3.38. The zero-order valence-electron chi connectivity index (χ0n) is 18.5. The van der Waals surface area contributed by atoms with E-state index in [0.29, 0.717) is 45.4 Å².